The molecule has 0 fully saturated rings. The van der Waals surface area contributed by atoms with Crippen molar-refractivity contribution in [2.45, 2.75) is 38.9 Å². The highest BCUT2D eigenvalue weighted by Gasteiger charge is 2.25. The Hall–Kier alpha value is -0.750. The lowest BCUT2D eigenvalue weighted by molar-refractivity contribution is 0.203. The quantitative estimate of drug-likeness (QED) is 0.834. The van der Waals surface area contributed by atoms with Crippen LogP contribution in [0.5, 0.6) is 0 Å². The van der Waals surface area contributed by atoms with Gasteiger partial charge in [-0.1, -0.05) is 13.0 Å². The van der Waals surface area contributed by atoms with Crippen molar-refractivity contribution < 1.29 is 0 Å². The largest absolute Gasteiger partial charge is 0.326 e. The molecule has 0 aliphatic heterocycles. The van der Waals surface area contributed by atoms with Gasteiger partial charge < -0.3 is 5.73 Å². The van der Waals surface area contributed by atoms with Gasteiger partial charge in [0.2, 0.25) is 0 Å². The number of nitrogens with zero attached hydrogens (tertiary/aromatic N) is 2. The summed E-state index contributed by atoms with van der Waals surface area (Å²) in [6.07, 6.45) is 0.950. The number of pyridine rings is 1. The minimum atomic E-state index is 0.116. The number of likely N-dealkylation sites (N-methyl/N-ethyl adjacent to an activating group) is 1. The maximum atomic E-state index is 6.37. The van der Waals surface area contributed by atoms with Gasteiger partial charge in [0.05, 0.1) is 15.5 Å². The Balaban J connectivity index is 2.20. The summed E-state index contributed by atoms with van der Waals surface area (Å²) >= 11 is 5.30. The third-order valence-electron chi connectivity index (χ3n) is 3.59. The highest BCUT2D eigenvalue weighted by atomic mass is 79.9. The monoisotopic (exact) mass is 367 g/mol. The fourth-order valence-corrected chi connectivity index (χ4v) is 4.17. The smallest absolute Gasteiger partial charge is 0.0702 e. The zero-order valence-electron chi connectivity index (χ0n) is 12.7. The van der Waals surface area contributed by atoms with Crippen molar-refractivity contribution in [1.29, 1.82) is 0 Å². The zero-order valence-corrected chi connectivity index (χ0v) is 15.1. The van der Waals surface area contributed by atoms with E-state index in [0.717, 1.165) is 28.1 Å². The van der Waals surface area contributed by atoms with Crippen LogP contribution in [0.1, 0.15) is 35.7 Å². The second-order valence-corrected chi connectivity index (χ2v) is 7.84. The molecule has 0 spiro atoms. The van der Waals surface area contributed by atoms with Gasteiger partial charge >= 0.3 is 0 Å². The number of nitrogens with two attached hydrogens (primary N) is 1. The van der Waals surface area contributed by atoms with Gasteiger partial charge in [-0.15, -0.1) is 11.3 Å². The summed E-state index contributed by atoms with van der Waals surface area (Å²) in [6, 6.07) is 10.7. The Bertz CT molecular complexity index is 584. The normalized spacial score (nSPS) is 14.4. The van der Waals surface area contributed by atoms with Gasteiger partial charge in [-0.3, -0.25) is 9.88 Å². The molecule has 2 N–H and O–H groups in total. The van der Waals surface area contributed by atoms with Crippen LogP contribution in [-0.2, 0) is 6.54 Å². The van der Waals surface area contributed by atoms with Crippen molar-refractivity contribution >= 4 is 27.3 Å². The maximum absolute atomic E-state index is 6.37. The van der Waals surface area contributed by atoms with Crippen LogP contribution >= 0.6 is 27.3 Å². The van der Waals surface area contributed by atoms with Crippen LogP contribution in [0.4, 0.5) is 0 Å². The molecule has 0 amide bonds. The van der Waals surface area contributed by atoms with Crippen molar-refractivity contribution in [1.82, 2.24) is 9.88 Å². The maximum Gasteiger partial charge on any atom is 0.0702 e. The number of thiophene rings is 1. The predicted octanol–water partition coefficient (Wildman–Crippen LogP) is 4.12. The van der Waals surface area contributed by atoms with E-state index in [2.05, 4.69) is 64.1 Å². The van der Waals surface area contributed by atoms with E-state index in [1.807, 2.05) is 13.0 Å². The van der Waals surface area contributed by atoms with E-state index in [1.165, 1.54) is 4.88 Å². The molecule has 2 unspecified atom stereocenters. The fourth-order valence-electron chi connectivity index (χ4n) is 2.51. The molecule has 0 bridgehead atoms. The van der Waals surface area contributed by atoms with Crippen molar-refractivity contribution in [3.05, 3.63) is 50.4 Å². The van der Waals surface area contributed by atoms with Crippen molar-refractivity contribution in [2.75, 3.05) is 7.05 Å². The minimum Gasteiger partial charge on any atom is -0.326 e. The van der Waals surface area contributed by atoms with Crippen molar-refractivity contribution in [3.63, 3.8) is 0 Å². The number of hydrogen-bond acceptors (Lipinski definition) is 4. The molecule has 0 aliphatic rings. The average Bonchev–Trinajstić information content (AvgIpc) is 2.85. The molecular weight excluding hydrogens is 346 g/mol. The molecule has 5 heteroatoms. The third kappa shape index (κ3) is 4.36. The van der Waals surface area contributed by atoms with Gasteiger partial charge in [0.25, 0.3) is 0 Å². The van der Waals surface area contributed by atoms with Crippen molar-refractivity contribution in [3.8, 4) is 0 Å². The van der Waals surface area contributed by atoms with Crippen LogP contribution in [0.25, 0.3) is 0 Å². The molecule has 0 aliphatic carbocycles. The number of aryl methyl sites for hydroxylation is 1. The highest BCUT2D eigenvalue weighted by Crippen LogP contribution is 2.33. The Morgan fingerprint density at radius 2 is 2.10 bits per heavy atom. The molecule has 2 aromatic heterocycles. The Labute approximate surface area is 139 Å². The van der Waals surface area contributed by atoms with E-state index in [9.17, 15) is 0 Å². The van der Waals surface area contributed by atoms with Crippen LogP contribution in [-0.4, -0.2) is 23.0 Å². The molecular formula is C16H22BrN3S. The van der Waals surface area contributed by atoms with Crippen LogP contribution in [0.3, 0.4) is 0 Å². The summed E-state index contributed by atoms with van der Waals surface area (Å²) in [7, 11) is 2.12. The second-order valence-electron chi connectivity index (χ2n) is 5.34. The Morgan fingerprint density at radius 1 is 1.33 bits per heavy atom. The van der Waals surface area contributed by atoms with Crippen LogP contribution < -0.4 is 5.73 Å². The lowest BCUT2D eigenvalue weighted by Crippen LogP contribution is -2.38. The third-order valence-corrected chi connectivity index (χ3v) is 5.29. The van der Waals surface area contributed by atoms with Gasteiger partial charge in [0, 0.05) is 23.2 Å². The van der Waals surface area contributed by atoms with Gasteiger partial charge in [-0.2, -0.15) is 0 Å². The first-order valence-electron chi connectivity index (χ1n) is 7.15. The number of rotatable bonds is 6. The summed E-state index contributed by atoms with van der Waals surface area (Å²) in [4.78, 5) is 8.19. The minimum absolute atomic E-state index is 0.116. The van der Waals surface area contributed by atoms with E-state index in [-0.39, 0.29) is 12.1 Å². The van der Waals surface area contributed by atoms with Gasteiger partial charge in [0.15, 0.2) is 0 Å². The average molecular weight is 368 g/mol. The van der Waals surface area contributed by atoms with Crippen LogP contribution in [0.15, 0.2) is 34.1 Å². The lowest BCUT2D eigenvalue weighted by atomic mass is 10.0. The zero-order chi connectivity index (χ0) is 15.4. The van der Waals surface area contributed by atoms with E-state index < -0.39 is 0 Å². The highest BCUT2D eigenvalue weighted by molar-refractivity contribution is 9.11. The first kappa shape index (κ1) is 16.6. The van der Waals surface area contributed by atoms with Crippen LogP contribution in [0, 0.1) is 6.92 Å². The van der Waals surface area contributed by atoms with Crippen molar-refractivity contribution in [2.24, 2.45) is 5.73 Å². The van der Waals surface area contributed by atoms with Gasteiger partial charge in [0.1, 0.15) is 0 Å². The molecule has 114 valence electrons. The van der Waals surface area contributed by atoms with Gasteiger partial charge in [-0.05, 0) is 60.6 Å². The lowest BCUT2D eigenvalue weighted by Gasteiger charge is -2.31. The second kappa shape index (κ2) is 7.49. The van der Waals surface area contributed by atoms with E-state index >= 15 is 0 Å². The summed E-state index contributed by atoms with van der Waals surface area (Å²) in [5.41, 5.74) is 8.51. The topological polar surface area (TPSA) is 42.1 Å². The molecule has 0 saturated heterocycles. The first-order chi connectivity index (χ1) is 10.0. The summed E-state index contributed by atoms with van der Waals surface area (Å²) in [5.74, 6) is 0. The molecule has 2 heterocycles. The molecule has 2 atom stereocenters. The number of aromatic nitrogens is 1. The molecule has 21 heavy (non-hydrogen) atoms. The first-order valence-corrected chi connectivity index (χ1v) is 8.75. The van der Waals surface area contributed by atoms with E-state index in [1.54, 1.807) is 11.3 Å². The molecule has 0 aromatic carbocycles. The standard InChI is InChI=1S/C16H22BrN3S/c1-4-13(18)16(14-8-9-15(17)21-14)20(3)10-12-7-5-6-11(2)19-12/h5-9,13,16H,4,10,18H2,1-3H3. The molecule has 0 saturated carbocycles. The van der Waals surface area contributed by atoms with Crippen LogP contribution in [0.2, 0.25) is 0 Å². The molecule has 2 aromatic rings. The Morgan fingerprint density at radius 3 is 2.67 bits per heavy atom. The number of hydrogen-bond donors (Lipinski definition) is 1. The predicted molar refractivity (Wildman–Crippen MR) is 93.5 cm³/mol. The summed E-state index contributed by atoms with van der Waals surface area (Å²) in [6.45, 7) is 4.96. The molecule has 2 rings (SSSR count). The Kier molecular flexibility index (Phi) is 5.93. The fraction of sp³-hybridized carbons (Fsp3) is 0.438. The van der Waals surface area contributed by atoms with Gasteiger partial charge in [-0.25, -0.2) is 0 Å². The van der Waals surface area contributed by atoms with E-state index in [4.69, 9.17) is 5.73 Å². The SMILES string of the molecule is CCC(N)C(c1ccc(Br)s1)N(C)Cc1cccc(C)n1. The number of halogens is 1. The van der Waals surface area contributed by atoms with E-state index in [0.29, 0.717) is 0 Å². The summed E-state index contributed by atoms with van der Waals surface area (Å²) < 4.78 is 1.15. The molecule has 0 radical (unpaired) electrons. The summed E-state index contributed by atoms with van der Waals surface area (Å²) in [5, 5.41) is 0. The molecule has 3 nitrogen and oxygen atoms in total.